The van der Waals surface area contributed by atoms with Crippen molar-refractivity contribution in [3.05, 3.63) is 47.3 Å². The van der Waals surface area contributed by atoms with Crippen LogP contribution in [0.2, 0.25) is 0 Å². The van der Waals surface area contributed by atoms with Crippen LogP contribution >= 0.6 is 0 Å². The zero-order valence-electron chi connectivity index (χ0n) is 10.4. The minimum Gasteiger partial charge on any atom is -0.623 e. The van der Waals surface area contributed by atoms with Gasteiger partial charge >= 0.3 is 0 Å². The SMILES string of the molecule is C=C(C)C(=O)[N-]c1cccc(C)c1.CC.[Y]. The van der Waals surface area contributed by atoms with Gasteiger partial charge < -0.3 is 10.1 Å². The van der Waals surface area contributed by atoms with E-state index in [4.69, 9.17) is 0 Å². The van der Waals surface area contributed by atoms with Crippen LogP contribution in [0.1, 0.15) is 26.3 Å². The second-order valence-corrected chi connectivity index (χ2v) is 3.04. The Kier molecular flexibility index (Phi) is 10.9. The van der Waals surface area contributed by atoms with Gasteiger partial charge in [-0.3, -0.25) is 0 Å². The van der Waals surface area contributed by atoms with Crippen LogP contribution in [-0.4, -0.2) is 5.91 Å². The first-order valence-corrected chi connectivity index (χ1v) is 5.08. The van der Waals surface area contributed by atoms with E-state index in [1.54, 1.807) is 13.0 Å². The summed E-state index contributed by atoms with van der Waals surface area (Å²) in [6.45, 7) is 11.1. The number of aryl methyl sites for hydroxylation is 1. The molecule has 0 unspecified atom stereocenters. The number of hydrogen-bond donors (Lipinski definition) is 0. The van der Waals surface area contributed by atoms with Crippen LogP contribution in [0.4, 0.5) is 5.69 Å². The van der Waals surface area contributed by atoms with Gasteiger partial charge in [-0.15, -0.1) is 5.69 Å². The van der Waals surface area contributed by atoms with Gasteiger partial charge in [0.15, 0.2) is 0 Å². The van der Waals surface area contributed by atoms with Gasteiger partial charge in [-0.2, -0.15) is 0 Å². The molecule has 0 N–H and O–H groups in total. The third-order valence-electron chi connectivity index (χ3n) is 1.60. The fourth-order valence-electron chi connectivity index (χ4n) is 0.910. The first-order chi connectivity index (χ1) is 7.09. The van der Waals surface area contributed by atoms with Crippen LogP contribution in [0.15, 0.2) is 36.4 Å². The number of amides is 1. The first kappa shape index (κ1) is 17.9. The molecule has 0 aliphatic rings. The normalized spacial score (nSPS) is 8.00. The monoisotopic (exact) mass is 293 g/mol. The Morgan fingerprint density at radius 3 is 2.31 bits per heavy atom. The summed E-state index contributed by atoms with van der Waals surface area (Å²) in [6.07, 6.45) is 0. The minimum absolute atomic E-state index is 0. The number of carbonyl (C=O) groups is 1. The number of carbonyl (C=O) groups excluding carboxylic acids is 1. The largest absolute Gasteiger partial charge is 0.623 e. The molecule has 0 saturated heterocycles. The molecule has 1 aromatic carbocycles. The maximum absolute atomic E-state index is 11.2. The molecule has 1 rings (SSSR count). The van der Waals surface area contributed by atoms with E-state index in [1.165, 1.54) is 0 Å². The molecule has 16 heavy (non-hydrogen) atoms. The van der Waals surface area contributed by atoms with Gasteiger partial charge in [-0.1, -0.05) is 50.3 Å². The van der Waals surface area contributed by atoms with E-state index >= 15 is 0 Å². The summed E-state index contributed by atoms with van der Waals surface area (Å²) >= 11 is 0. The van der Waals surface area contributed by atoms with E-state index < -0.39 is 0 Å². The maximum atomic E-state index is 11.2. The third-order valence-corrected chi connectivity index (χ3v) is 1.60. The molecular formula is C13H18NOY-. The zero-order chi connectivity index (χ0) is 11.8. The Balaban J connectivity index is 0. The van der Waals surface area contributed by atoms with Gasteiger partial charge in [0.05, 0.1) is 5.91 Å². The average molecular weight is 293 g/mol. The predicted octanol–water partition coefficient (Wildman–Crippen LogP) is 4.13. The van der Waals surface area contributed by atoms with Crippen LogP contribution in [0.3, 0.4) is 0 Å². The fourth-order valence-corrected chi connectivity index (χ4v) is 0.910. The van der Waals surface area contributed by atoms with Crippen molar-refractivity contribution in [1.82, 2.24) is 0 Å². The van der Waals surface area contributed by atoms with Crippen LogP contribution < -0.4 is 0 Å². The van der Waals surface area contributed by atoms with Crippen molar-refractivity contribution < 1.29 is 37.5 Å². The van der Waals surface area contributed by atoms with Gasteiger partial charge in [0.2, 0.25) is 0 Å². The molecule has 1 radical (unpaired) electrons. The quantitative estimate of drug-likeness (QED) is 0.754. The van der Waals surface area contributed by atoms with Gasteiger partial charge in [0.1, 0.15) is 0 Å². The molecule has 85 valence electrons. The van der Waals surface area contributed by atoms with Crippen molar-refractivity contribution in [3.63, 3.8) is 0 Å². The smallest absolute Gasteiger partial charge is 0.0803 e. The molecule has 0 fully saturated rings. The minimum atomic E-state index is -0.259. The van der Waals surface area contributed by atoms with Crippen molar-refractivity contribution in [2.75, 3.05) is 0 Å². The summed E-state index contributed by atoms with van der Waals surface area (Å²) in [6, 6.07) is 7.50. The molecule has 1 aromatic rings. The van der Waals surface area contributed by atoms with E-state index in [-0.39, 0.29) is 38.6 Å². The molecule has 0 spiro atoms. The van der Waals surface area contributed by atoms with Gasteiger partial charge in [0.25, 0.3) is 0 Å². The van der Waals surface area contributed by atoms with Crippen molar-refractivity contribution in [3.8, 4) is 0 Å². The Morgan fingerprint density at radius 2 is 1.88 bits per heavy atom. The second-order valence-electron chi connectivity index (χ2n) is 3.04. The third kappa shape index (κ3) is 6.92. The Bertz CT molecular complexity index is 348. The molecule has 3 heteroatoms. The summed E-state index contributed by atoms with van der Waals surface area (Å²) < 4.78 is 0. The number of benzene rings is 1. The standard InChI is InChI=1S/C11H13NO.C2H6.Y/c1-8(2)11(13)12-10-6-4-5-9(3)7-10;1-2;/h4-7H,1H2,2-3H3,(H,12,13);1-2H3;/p-1. The average Bonchev–Trinajstić information content (AvgIpc) is 2.20. The predicted molar refractivity (Wildman–Crippen MR) is 65.4 cm³/mol. The summed E-state index contributed by atoms with van der Waals surface area (Å²) in [7, 11) is 0. The summed E-state index contributed by atoms with van der Waals surface area (Å²) in [5.74, 6) is -0.259. The summed E-state index contributed by atoms with van der Waals surface area (Å²) in [5, 5.41) is 3.88. The maximum Gasteiger partial charge on any atom is 0.0803 e. The van der Waals surface area contributed by atoms with Crippen LogP contribution in [0.25, 0.3) is 5.32 Å². The van der Waals surface area contributed by atoms with E-state index in [0.29, 0.717) is 11.3 Å². The number of nitrogens with zero attached hydrogens (tertiary/aromatic N) is 1. The Hall–Kier alpha value is -0.466. The molecule has 0 aromatic heterocycles. The van der Waals surface area contributed by atoms with Gasteiger partial charge in [-0.25, -0.2) is 0 Å². The van der Waals surface area contributed by atoms with Gasteiger partial charge in [0, 0.05) is 32.7 Å². The van der Waals surface area contributed by atoms with Crippen molar-refractivity contribution in [2.24, 2.45) is 0 Å². The van der Waals surface area contributed by atoms with Crippen molar-refractivity contribution >= 4 is 11.6 Å². The zero-order valence-corrected chi connectivity index (χ0v) is 13.3. The summed E-state index contributed by atoms with van der Waals surface area (Å²) in [5.41, 5.74) is 2.24. The van der Waals surface area contributed by atoms with E-state index in [2.05, 4.69) is 11.9 Å². The van der Waals surface area contributed by atoms with Crippen molar-refractivity contribution in [1.29, 1.82) is 0 Å². The number of rotatable bonds is 2. The molecule has 0 heterocycles. The molecule has 1 amide bonds. The fraction of sp³-hybridized carbons (Fsp3) is 0.308. The van der Waals surface area contributed by atoms with Crippen LogP contribution in [-0.2, 0) is 37.5 Å². The molecule has 0 saturated carbocycles. The van der Waals surface area contributed by atoms with E-state index in [1.807, 2.05) is 39.0 Å². The Morgan fingerprint density at radius 1 is 1.31 bits per heavy atom. The Labute approximate surface area is 123 Å². The van der Waals surface area contributed by atoms with E-state index in [0.717, 1.165) is 5.56 Å². The molecule has 0 aliphatic heterocycles. The topological polar surface area (TPSA) is 31.2 Å². The molecule has 0 atom stereocenters. The van der Waals surface area contributed by atoms with Crippen LogP contribution in [0.5, 0.6) is 0 Å². The molecule has 0 bridgehead atoms. The molecule has 0 aliphatic carbocycles. The van der Waals surface area contributed by atoms with Crippen LogP contribution in [0, 0.1) is 6.92 Å². The van der Waals surface area contributed by atoms with Crippen molar-refractivity contribution in [2.45, 2.75) is 27.7 Å². The second kappa shape index (κ2) is 9.74. The molecule has 2 nitrogen and oxygen atoms in total. The van der Waals surface area contributed by atoms with E-state index in [9.17, 15) is 4.79 Å². The first-order valence-electron chi connectivity index (χ1n) is 5.08. The number of hydrogen-bond acceptors (Lipinski definition) is 1. The van der Waals surface area contributed by atoms with Gasteiger partial charge in [-0.05, 0) is 19.4 Å². The summed E-state index contributed by atoms with van der Waals surface area (Å²) in [4.78, 5) is 11.2. The molecular weight excluding hydrogens is 275 g/mol.